The molecule has 0 radical (unpaired) electrons. The Balaban J connectivity index is 1.40. The second-order valence-electron chi connectivity index (χ2n) is 7.46. The van der Waals surface area contributed by atoms with Crippen LogP contribution in [-0.2, 0) is 16.1 Å². The average Bonchev–Trinajstić information content (AvgIpc) is 3.20. The molecule has 9 heteroatoms. The number of hydrogen-bond acceptors (Lipinski definition) is 5. The van der Waals surface area contributed by atoms with Crippen LogP contribution in [-0.4, -0.2) is 57.0 Å². The van der Waals surface area contributed by atoms with E-state index >= 15 is 0 Å². The molecule has 9 nitrogen and oxygen atoms in total. The second-order valence-corrected chi connectivity index (χ2v) is 7.46. The van der Waals surface area contributed by atoms with E-state index in [0.29, 0.717) is 38.4 Å². The molecule has 0 bridgehead atoms. The zero-order valence-corrected chi connectivity index (χ0v) is 17.4. The summed E-state index contributed by atoms with van der Waals surface area (Å²) in [6.45, 7) is 3.00. The number of nitrogens with one attached hydrogen (secondary N) is 1. The maximum absolute atomic E-state index is 12.5. The number of likely N-dealkylation sites (tertiary alicyclic amines) is 1. The Bertz CT molecular complexity index is 1140. The summed E-state index contributed by atoms with van der Waals surface area (Å²) < 4.78 is 8.07. The maximum atomic E-state index is 12.5. The highest BCUT2D eigenvalue weighted by Gasteiger charge is 2.24. The average molecular weight is 423 g/mol. The summed E-state index contributed by atoms with van der Waals surface area (Å²) in [5.41, 5.74) is 0.630. The first-order chi connectivity index (χ1) is 15.0. The van der Waals surface area contributed by atoms with Crippen molar-refractivity contribution >= 4 is 22.9 Å². The van der Waals surface area contributed by atoms with Gasteiger partial charge in [-0.2, -0.15) is 5.10 Å². The summed E-state index contributed by atoms with van der Waals surface area (Å²) in [6.07, 6.45) is 2.85. The molecule has 31 heavy (non-hydrogen) atoms. The minimum Gasteiger partial charge on any atom is -0.450 e. The van der Waals surface area contributed by atoms with E-state index in [1.165, 1.54) is 10.7 Å². The van der Waals surface area contributed by atoms with Gasteiger partial charge in [-0.15, -0.1) is 0 Å². The van der Waals surface area contributed by atoms with E-state index in [9.17, 15) is 14.4 Å². The molecule has 3 heterocycles. The Morgan fingerprint density at radius 2 is 1.90 bits per heavy atom. The van der Waals surface area contributed by atoms with Gasteiger partial charge in [-0.25, -0.2) is 9.48 Å². The number of aromatic nitrogens is 3. The van der Waals surface area contributed by atoms with Crippen molar-refractivity contribution < 1.29 is 14.3 Å². The molecular formula is C22H25N5O4. The van der Waals surface area contributed by atoms with Gasteiger partial charge in [0.2, 0.25) is 5.91 Å². The lowest BCUT2D eigenvalue weighted by Crippen LogP contribution is -2.47. The van der Waals surface area contributed by atoms with Crippen molar-refractivity contribution in [3.8, 4) is 5.82 Å². The number of para-hydroxylation sites is 1. The lowest BCUT2D eigenvalue weighted by Gasteiger charge is -2.31. The summed E-state index contributed by atoms with van der Waals surface area (Å²) in [6, 6.07) is 12.9. The fourth-order valence-electron chi connectivity index (χ4n) is 3.79. The van der Waals surface area contributed by atoms with E-state index in [4.69, 9.17) is 4.74 Å². The molecular weight excluding hydrogens is 398 g/mol. The Hall–Kier alpha value is -3.62. The summed E-state index contributed by atoms with van der Waals surface area (Å²) >= 11 is 0. The van der Waals surface area contributed by atoms with Gasteiger partial charge in [-0.3, -0.25) is 14.2 Å². The first-order valence-electron chi connectivity index (χ1n) is 10.4. The molecule has 0 aliphatic carbocycles. The van der Waals surface area contributed by atoms with Gasteiger partial charge in [0.25, 0.3) is 5.56 Å². The third-order valence-electron chi connectivity index (χ3n) is 5.38. The van der Waals surface area contributed by atoms with Crippen molar-refractivity contribution in [2.24, 2.45) is 0 Å². The van der Waals surface area contributed by atoms with Crippen molar-refractivity contribution in [2.45, 2.75) is 32.4 Å². The van der Waals surface area contributed by atoms with E-state index in [1.54, 1.807) is 17.9 Å². The lowest BCUT2D eigenvalue weighted by atomic mass is 10.1. The number of hydrogen-bond donors (Lipinski definition) is 1. The van der Waals surface area contributed by atoms with Crippen LogP contribution in [0.25, 0.3) is 16.7 Å². The molecule has 0 unspecified atom stereocenters. The predicted octanol–water partition coefficient (Wildman–Crippen LogP) is 1.92. The fourth-order valence-corrected chi connectivity index (χ4v) is 3.79. The van der Waals surface area contributed by atoms with Crippen molar-refractivity contribution in [3.63, 3.8) is 0 Å². The van der Waals surface area contributed by atoms with Crippen LogP contribution < -0.4 is 10.9 Å². The predicted molar refractivity (Wildman–Crippen MR) is 115 cm³/mol. The number of piperidine rings is 1. The minimum atomic E-state index is -0.340. The molecule has 1 N–H and O–H groups in total. The molecule has 1 aliphatic rings. The van der Waals surface area contributed by atoms with Crippen molar-refractivity contribution in [2.75, 3.05) is 19.7 Å². The van der Waals surface area contributed by atoms with Gasteiger partial charge in [-0.05, 0) is 43.4 Å². The minimum absolute atomic E-state index is 0.0505. The van der Waals surface area contributed by atoms with E-state index in [-0.39, 0.29) is 30.1 Å². The van der Waals surface area contributed by atoms with Gasteiger partial charge < -0.3 is 15.0 Å². The quantitative estimate of drug-likeness (QED) is 0.676. The summed E-state index contributed by atoms with van der Waals surface area (Å²) in [4.78, 5) is 38.2. The first-order valence-corrected chi connectivity index (χ1v) is 10.4. The van der Waals surface area contributed by atoms with Crippen LogP contribution in [0, 0.1) is 0 Å². The normalized spacial score (nSPS) is 14.5. The number of carbonyl (C=O) groups excluding carboxylic acids is 2. The van der Waals surface area contributed by atoms with Crippen LogP contribution in [0.1, 0.15) is 19.8 Å². The lowest BCUT2D eigenvalue weighted by molar-refractivity contribution is -0.122. The van der Waals surface area contributed by atoms with Crippen LogP contribution >= 0.6 is 0 Å². The van der Waals surface area contributed by atoms with Crippen LogP contribution in [0.3, 0.4) is 0 Å². The van der Waals surface area contributed by atoms with Gasteiger partial charge in [-0.1, -0.05) is 18.2 Å². The highest BCUT2D eigenvalue weighted by atomic mass is 16.6. The molecule has 3 aromatic rings. The summed E-state index contributed by atoms with van der Waals surface area (Å²) in [5.74, 6) is 0.287. The monoisotopic (exact) mass is 423 g/mol. The summed E-state index contributed by atoms with van der Waals surface area (Å²) in [7, 11) is 0. The molecule has 1 aliphatic heterocycles. The number of ether oxygens (including phenoxy) is 1. The van der Waals surface area contributed by atoms with Gasteiger partial charge in [0.15, 0.2) is 5.82 Å². The first kappa shape index (κ1) is 20.6. The highest BCUT2D eigenvalue weighted by molar-refractivity contribution is 5.81. The number of rotatable bonds is 5. The molecule has 0 saturated carbocycles. The van der Waals surface area contributed by atoms with Crippen LogP contribution in [0.2, 0.25) is 0 Å². The highest BCUT2D eigenvalue weighted by Crippen LogP contribution is 2.18. The molecule has 0 atom stereocenters. The third-order valence-corrected chi connectivity index (χ3v) is 5.38. The second kappa shape index (κ2) is 9.03. The van der Waals surface area contributed by atoms with Crippen molar-refractivity contribution in [3.05, 3.63) is 59.0 Å². The van der Waals surface area contributed by atoms with Gasteiger partial charge in [0.05, 0.1) is 12.1 Å². The standard InChI is InChI=1S/C22H25N5O4/c1-2-31-22(30)25-12-10-17(11-13-25)23-20(28)15-27-21(29)8-7-19(24-27)26-14-9-16-5-3-4-6-18(16)26/h3-9,14,17H,2,10-13,15H2,1H3,(H,23,28). The Morgan fingerprint density at radius 3 is 2.68 bits per heavy atom. The Labute approximate surface area is 179 Å². The van der Waals surface area contributed by atoms with Crippen molar-refractivity contribution in [1.82, 2.24) is 24.6 Å². The number of benzene rings is 1. The smallest absolute Gasteiger partial charge is 0.409 e. The molecule has 2 amide bonds. The number of amides is 2. The Kier molecular flexibility index (Phi) is 6.01. The third kappa shape index (κ3) is 4.60. The topological polar surface area (TPSA) is 98.5 Å². The largest absolute Gasteiger partial charge is 0.450 e. The van der Waals surface area contributed by atoms with Gasteiger partial charge >= 0.3 is 6.09 Å². The molecule has 1 fully saturated rings. The van der Waals surface area contributed by atoms with Gasteiger partial charge in [0, 0.05) is 31.4 Å². The van der Waals surface area contributed by atoms with Crippen LogP contribution in [0.4, 0.5) is 4.79 Å². The molecule has 1 saturated heterocycles. The van der Waals surface area contributed by atoms with E-state index < -0.39 is 0 Å². The number of nitrogens with zero attached hydrogens (tertiary/aromatic N) is 4. The van der Waals surface area contributed by atoms with Crippen LogP contribution in [0.5, 0.6) is 0 Å². The Morgan fingerprint density at radius 1 is 1.13 bits per heavy atom. The molecule has 4 rings (SSSR count). The van der Waals surface area contributed by atoms with E-state index in [2.05, 4.69) is 10.4 Å². The number of carbonyl (C=O) groups is 2. The molecule has 1 aromatic carbocycles. The molecule has 2 aromatic heterocycles. The van der Waals surface area contributed by atoms with E-state index in [0.717, 1.165) is 10.9 Å². The zero-order valence-electron chi connectivity index (χ0n) is 17.4. The zero-order chi connectivity index (χ0) is 21.8. The van der Waals surface area contributed by atoms with Gasteiger partial charge in [0.1, 0.15) is 6.54 Å². The van der Waals surface area contributed by atoms with Crippen molar-refractivity contribution in [1.29, 1.82) is 0 Å². The maximum Gasteiger partial charge on any atom is 0.409 e. The number of fused-ring (bicyclic) bond motifs is 1. The summed E-state index contributed by atoms with van der Waals surface area (Å²) in [5, 5.41) is 8.40. The van der Waals surface area contributed by atoms with Crippen LogP contribution in [0.15, 0.2) is 53.5 Å². The molecule has 162 valence electrons. The fraction of sp³-hybridized carbons (Fsp3) is 0.364. The SMILES string of the molecule is CCOC(=O)N1CCC(NC(=O)Cn2nc(-n3ccc4ccccc43)ccc2=O)CC1. The molecule has 0 spiro atoms. The van der Waals surface area contributed by atoms with E-state index in [1.807, 2.05) is 41.1 Å².